The molecule has 6 nitrogen and oxygen atoms in total. The molecule has 0 spiro atoms. The van der Waals surface area contributed by atoms with E-state index in [9.17, 15) is 0 Å². The second kappa shape index (κ2) is 6.85. The number of anilines is 2. The van der Waals surface area contributed by atoms with Gasteiger partial charge in [-0.3, -0.25) is 4.90 Å². The first-order valence-electron chi connectivity index (χ1n) is 7.46. The molecule has 0 amide bonds. The minimum Gasteiger partial charge on any atom is -0.358 e. The van der Waals surface area contributed by atoms with Gasteiger partial charge in [-0.2, -0.15) is 0 Å². The molecule has 6 heteroatoms. The summed E-state index contributed by atoms with van der Waals surface area (Å²) in [6.07, 6.45) is 5.01. The quantitative estimate of drug-likeness (QED) is 0.603. The van der Waals surface area contributed by atoms with Gasteiger partial charge in [-0.1, -0.05) is 13.8 Å². The van der Waals surface area contributed by atoms with Crippen molar-refractivity contribution in [1.29, 1.82) is 0 Å². The molecular weight excluding hydrogens is 252 g/mol. The summed E-state index contributed by atoms with van der Waals surface area (Å²) in [6, 6.07) is 0.624. The van der Waals surface area contributed by atoms with Crippen LogP contribution in [-0.4, -0.2) is 47.6 Å². The summed E-state index contributed by atoms with van der Waals surface area (Å²) in [4.78, 5) is 13.4. The van der Waals surface area contributed by atoms with Crippen molar-refractivity contribution >= 4 is 11.6 Å². The van der Waals surface area contributed by atoms with E-state index in [0.29, 0.717) is 6.04 Å². The van der Waals surface area contributed by atoms with Gasteiger partial charge in [-0.05, 0) is 32.4 Å². The molecule has 1 aromatic heterocycles. The maximum Gasteiger partial charge on any atom is 0.148 e. The Balaban J connectivity index is 2.14. The van der Waals surface area contributed by atoms with Crippen LogP contribution in [0.1, 0.15) is 32.3 Å². The molecule has 2 heterocycles. The first-order chi connectivity index (χ1) is 9.71. The monoisotopic (exact) mass is 278 g/mol. The molecule has 1 unspecified atom stereocenters. The van der Waals surface area contributed by atoms with E-state index in [4.69, 9.17) is 5.84 Å². The van der Waals surface area contributed by atoms with E-state index in [-0.39, 0.29) is 0 Å². The summed E-state index contributed by atoms with van der Waals surface area (Å²) in [5.41, 5.74) is 3.75. The molecule has 112 valence electrons. The predicted octanol–water partition coefficient (Wildman–Crippen LogP) is 1.25. The second-order valence-corrected chi connectivity index (χ2v) is 5.33. The summed E-state index contributed by atoms with van der Waals surface area (Å²) in [5, 5.41) is 0. The average Bonchev–Trinajstić information content (AvgIpc) is 2.93. The van der Waals surface area contributed by atoms with Crippen LogP contribution in [0, 0.1) is 0 Å². The van der Waals surface area contributed by atoms with Gasteiger partial charge in [0, 0.05) is 25.2 Å². The maximum atomic E-state index is 5.54. The minimum atomic E-state index is 0.624. The third-order valence-electron chi connectivity index (χ3n) is 4.16. The van der Waals surface area contributed by atoms with Gasteiger partial charge in [0.1, 0.15) is 18.0 Å². The van der Waals surface area contributed by atoms with Crippen LogP contribution in [0.25, 0.3) is 0 Å². The largest absolute Gasteiger partial charge is 0.358 e. The maximum absolute atomic E-state index is 5.54. The van der Waals surface area contributed by atoms with Gasteiger partial charge in [0.05, 0.1) is 0 Å². The molecular formula is C14H26N6. The SMILES string of the molecule is CCc1c(NN)ncnc1N(C)CC1CCCN1CC. The van der Waals surface area contributed by atoms with E-state index >= 15 is 0 Å². The Hall–Kier alpha value is -1.40. The summed E-state index contributed by atoms with van der Waals surface area (Å²) < 4.78 is 0. The number of nitrogens with two attached hydrogens (primary N) is 1. The Labute approximate surface area is 121 Å². The summed E-state index contributed by atoms with van der Waals surface area (Å²) in [7, 11) is 2.11. The highest BCUT2D eigenvalue weighted by Crippen LogP contribution is 2.25. The highest BCUT2D eigenvalue weighted by Gasteiger charge is 2.25. The third kappa shape index (κ3) is 3.02. The lowest BCUT2D eigenvalue weighted by Crippen LogP contribution is -2.39. The Bertz CT molecular complexity index is 436. The number of hydrazine groups is 1. The summed E-state index contributed by atoms with van der Waals surface area (Å²) in [5.74, 6) is 7.25. The van der Waals surface area contributed by atoms with Gasteiger partial charge >= 0.3 is 0 Å². The standard InChI is InChI=1S/C14H26N6/c1-4-12-13(18-15)16-10-17-14(12)19(3)9-11-7-6-8-20(11)5-2/h10-11H,4-9,15H2,1-3H3,(H,16,17,18). The van der Waals surface area contributed by atoms with Crippen LogP contribution in [0.4, 0.5) is 11.6 Å². The summed E-state index contributed by atoms with van der Waals surface area (Å²) in [6.45, 7) is 7.68. The average molecular weight is 278 g/mol. The fourth-order valence-electron chi connectivity index (χ4n) is 3.10. The Kier molecular flexibility index (Phi) is 5.14. The number of hydrogen-bond acceptors (Lipinski definition) is 6. The fraction of sp³-hybridized carbons (Fsp3) is 0.714. The predicted molar refractivity (Wildman–Crippen MR) is 82.8 cm³/mol. The number of rotatable bonds is 6. The third-order valence-corrected chi connectivity index (χ3v) is 4.16. The van der Waals surface area contributed by atoms with Crippen LogP contribution in [0.3, 0.4) is 0 Å². The summed E-state index contributed by atoms with van der Waals surface area (Å²) >= 11 is 0. The fourth-order valence-corrected chi connectivity index (χ4v) is 3.10. The topological polar surface area (TPSA) is 70.3 Å². The van der Waals surface area contributed by atoms with Gasteiger partial charge < -0.3 is 10.3 Å². The zero-order valence-electron chi connectivity index (χ0n) is 12.8. The molecule has 0 aromatic carbocycles. The lowest BCUT2D eigenvalue weighted by molar-refractivity contribution is 0.270. The number of nitrogens with zero attached hydrogens (tertiary/aromatic N) is 4. The Morgan fingerprint density at radius 1 is 1.45 bits per heavy atom. The zero-order valence-corrected chi connectivity index (χ0v) is 12.8. The lowest BCUT2D eigenvalue weighted by atomic mass is 10.1. The second-order valence-electron chi connectivity index (χ2n) is 5.33. The van der Waals surface area contributed by atoms with Crippen molar-refractivity contribution in [3.8, 4) is 0 Å². The molecule has 0 bridgehead atoms. The van der Waals surface area contributed by atoms with Gasteiger partial charge in [0.2, 0.25) is 0 Å². The van der Waals surface area contributed by atoms with E-state index in [1.807, 2.05) is 0 Å². The molecule has 1 aromatic rings. The van der Waals surface area contributed by atoms with Crippen molar-refractivity contribution in [2.75, 3.05) is 37.0 Å². The molecule has 1 atom stereocenters. The van der Waals surface area contributed by atoms with Crippen LogP contribution in [0.2, 0.25) is 0 Å². The number of aromatic nitrogens is 2. The van der Waals surface area contributed by atoms with Crippen molar-refractivity contribution in [2.24, 2.45) is 5.84 Å². The van der Waals surface area contributed by atoms with E-state index in [1.54, 1.807) is 6.33 Å². The van der Waals surface area contributed by atoms with Crippen molar-refractivity contribution in [3.05, 3.63) is 11.9 Å². The molecule has 20 heavy (non-hydrogen) atoms. The molecule has 0 radical (unpaired) electrons. The Morgan fingerprint density at radius 2 is 2.25 bits per heavy atom. The molecule has 3 N–H and O–H groups in total. The highest BCUT2D eigenvalue weighted by atomic mass is 15.3. The van der Waals surface area contributed by atoms with Crippen LogP contribution in [0.15, 0.2) is 6.33 Å². The van der Waals surface area contributed by atoms with E-state index < -0.39 is 0 Å². The van der Waals surface area contributed by atoms with Crippen molar-refractivity contribution < 1.29 is 0 Å². The highest BCUT2D eigenvalue weighted by molar-refractivity contribution is 5.58. The van der Waals surface area contributed by atoms with Crippen molar-refractivity contribution in [1.82, 2.24) is 14.9 Å². The van der Waals surface area contributed by atoms with Gasteiger partial charge in [-0.15, -0.1) is 0 Å². The van der Waals surface area contributed by atoms with Gasteiger partial charge in [0.15, 0.2) is 0 Å². The first kappa shape index (κ1) is 15.0. The number of likely N-dealkylation sites (N-methyl/N-ethyl adjacent to an activating group) is 2. The van der Waals surface area contributed by atoms with E-state index in [2.05, 4.69) is 46.1 Å². The molecule has 0 saturated carbocycles. The van der Waals surface area contributed by atoms with Crippen LogP contribution in [0.5, 0.6) is 0 Å². The van der Waals surface area contributed by atoms with Gasteiger partial charge in [0.25, 0.3) is 0 Å². The van der Waals surface area contributed by atoms with Crippen LogP contribution >= 0.6 is 0 Å². The molecule has 1 saturated heterocycles. The smallest absolute Gasteiger partial charge is 0.148 e. The number of likely N-dealkylation sites (tertiary alicyclic amines) is 1. The number of nitrogen functional groups attached to an aromatic ring is 1. The van der Waals surface area contributed by atoms with E-state index in [0.717, 1.165) is 36.7 Å². The minimum absolute atomic E-state index is 0.624. The van der Waals surface area contributed by atoms with Crippen molar-refractivity contribution in [2.45, 2.75) is 39.2 Å². The van der Waals surface area contributed by atoms with Crippen LogP contribution < -0.4 is 16.2 Å². The lowest BCUT2D eigenvalue weighted by Gasteiger charge is -2.29. The van der Waals surface area contributed by atoms with E-state index in [1.165, 1.54) is 19.4 Å². The first-order valence-corrected chi connectivity index (χ1v) is 7.46. The molecule has 0 aliphatic carbocycles. The molecule has 1 aliphatic heterocycles. The number of nitrogens with one attached hydrogen (secondary N) is 1. The zero-order chi connectivity index (χ0) is 14.5. The van der Waals surface area contributed by atoms with Crippen LogP contribution in [-0.2, 0) is 6.42 Å². The molecule has 1 aliphatic rings. The van der Waals surface area contributed by atoms with Gasteiger partial charge in [-0.25, -0.2) is 15.8 Å². The normalized spacial score (nSPS) is 19.3. The molecule has 1 fully saturated rings. The van der Waals surface area contributed by atoms with Crippen molar-refractivity contribution in [3.63, 3.8) is 0 Å². The Morgan fingerprint density at radius 3 is 2.90 bits per heavy atom. The molecule has 2 rings (SSSR count). The number of hydrogen-bond donors (Lipinski definition) is 2.